The van der Waals surface area contributed by atoms with Crippen LogP contribution >= 0.6 is 46.1 Å². The van der Waals surface area contributed by atoms with E-state index in [4.69, 9.17) is 39.5 Å². The maximum Gasteiger partial charge on any atom is 0.341 e. The Labute approximate surface area is 188 Å². The minimum atomic E-state index is -1.83. The summed E-state index contributed by atoms with van der Waals surface area (Å²) in [7, 11) is 1.34. The van der Waals surface area contributed by atoms with Crippen molar-refractivity contribution < 1.29 is 14.3 Å². The lowest BCUT2D eigenvalue weighted by Gasteiger charge is -2.27. The highest BCUT2D eigenvalue weighted by molar-refractivity contribution is 7.16. The van der Waals surface area contributed by atoms with Crippen LogP contribution in [0.5, 0.6) is 0 Å². The Kier molecular flexibility index (Phi) is 7.32. The van der Waals surface area contributed by atoms with Crippen molar-refractivity contribution in [3.8, 4) is 0 Å². The molecule has 0 fully saturated rings. The maximum atomic E-state index is 12.5. The molecule has 9 heteroatoms. The molecule has 1 aromatic carbocycles. The summed E-state index contributed by atoms with van der Waals surface area (Å²) in [4.78, 5) is 26.1. The Morgan fingerprint density at radius 2 is 1.86 bits per heavy atom. The van der Waals surface area contributed by atoms with E-state index in [2.05, 4.69) is 10.6 Å². The fourth-order valence-electron chi connectivity index (χ4n) is 3.31. The molecule has 156 valence electrons. The van der Waals surface area contributed by atoms with Gasteiger partial charge in [-0.05, 0) is 36.8 Å². The molecule has 1 aliphatic rings. The summed E-state index contributed by atoms with van der Waals surface area (Å²) < 4.78 is 3.14. The zero-order valence-electron chi connectivity index (χ0n) is 15.8. The zero-order valence-corrected chi connectivity index (χ0v) is 18.9. The van der Waals surface area contributed by atoms with Crippen molar-refractivity contribution in [2.45, 2.75) is 42.1 Å². The molecule has 1 heterocycles. The number of nitrogens with one attached hydrogen (secondary N) is 2. The number of carbonyl (C=O) groups excluding carboxylic acids is 2. The molecule has 0 radical (unpaired) electrons. The molecule has 0 saturated heterocycles. The smallest absolute Gasteiger partial charge is 0.341 e. The highest BCUT2D eigenvalue weighted by Gasteiger charge is 2.36. The van der Waals surface area contributed by atoms with Gasteiger partial charge in [0.2, 0.25) is 9.70 Å². The van der Waals surface area contributed by atoms with Crippen LogP contribution in [-0.4, -0.2) is 28.9 Å². The lowest BCUT2D eigenvalue weighted by Crippen LogP contribution is -2.49. The Bertz CT molecular complexity index is 881. The summed E-state index contributed by atoms with van der Waals surface area (Å²) in [5, 5.41) is 6.34. The van der Waals surface area contributed by atoms with Gasteiger partial charge in [-0.25, -0.2) is 4.79 Å². The molecule has 0 spiro atoms. The lowest BCUT2D eigenvalue weighted by molar-refractivity contribution is -0.120. The number of fused-ring (bicyclic) bond motifs is 1. The van der Waals surface area contributed by atoms with Gasteiger partial charge in [0, 0.05) is 4.88 Å². The van der Waals surface area contributed by atoms with E-state index in [9.17, 15) is 9.59 Å². The van der Waals surface area contributed by atoms with E-state index >= 15 is 0 Å². The molecule has 0 bridgehead atoms. The second-order valence-corrected chi connectivity index (χ2v) is 10.2. The SMILES string of the molecule is COC(=O)c1c(N[C@@H](NC(=O)Cc2ccccc2)C(Cl)(Cl)Cl)sc2c1CCCC2. The predicted octanol–water partition coefficient (Wildman–Crippen LogP) is 4.88. The van der Waals surface area contributed by atoms with Crippen molar-refractivity contribution in [2.24, 2.45) is 0 Å². The molecule has 29 heavy (non-hydrogen) atoms. The lowest BCUT2D eigenvalue weighted by atomic mass is 9.95. The van der Waals surface area contributed by atoms with Gasteiger partial charge in [0.1, 0.15) is 11.2 Å². The molecule has 0 saturated carbocycles. The van der Waals surface area contributed by atoms with E-state index in [1.165, 1.54) is 18.4 Å². The number of hydrogen-bond donors (Lipinski definition) is 2. The molecule has 3 rings (SSSR count). The number of amides is 1. The normalized spacial score (nSPS) is 14.6. The van der Waals surface area contributed by atoms with Crippen LogP contribution in [0.3, 0.4) is 0 Å². The number of benzene rings is 1. The quantitative estimate of drug-likeness (QED) is 0.355. The maximum absolute atomic E-state index is 12.5. The Balaban J connectivity index is 1.83. The number of rotatable bonds is 6. The highest BCUT2D eigenvalue weighted by atomic mass is 35.6. The number of aryl methyl sites for hydroxylation is 1. The fourth-order valence-corrected chi connectivity index (χ4v) is 4.94. The first-order valence-electron chi connectivity index (χ1n) is 9.19. The minimum Gasteiger partial charge on any atom is -0.465 e. The second-order valence-electron chi connectivity index (χ2n) is 6.76. The third-order valence-electron chi connectivity index (χ3n) is 4.68. The third kappa shape index (κ3) is 5.57. The summed E-state index contributed by atoms with van der Waals surface area (Å²) >= 11 is 19.8. The standard InChI is InChI=1S/C20H21Cl3N2O3S/c1-28-18(27)16-13-9-5-6-10-14(13)29-17(16)25-19(20(21,22)23)24-15(26)11-12-7-3-2-4-8-12/h2-4,7-8,19,25H,5-6,9-11H2,1H3,(H,24,26)/t19-/m1/s1. The molecule has 0 aliphatic heterocycles. The summed E-state index contributed by atoms with van der Waals surface area (Å²) in [5.74, 6) is -0.744. The molecule has 1 atom stereocenters. The number of alkyl halides is 3. The number of methoxy groups -OCH3 is 1. The van der Waals surface area contributed by atoms with Gasteiger partial charge in [-0.3, -0.25) is 4.79 Å². The van der Waals surface area contributed by atoms with E-state index < -0.39 is 15.9 Å². The monoisotopic (exact) mass is 474 g/mol. The van der Waals surface area contributed by atoms with Crippen molar-refractivity contribution in [1.29, 1.82) is 0 Å². The van der Waals surface area contributed by atoms with Crippen molar-refractivity contribution in [3.63, 3.8) is 0 Å². The van der Waals surface area contributed by atoms with Gasteiger partial charge in [-0.2, -0.15) is 0 Å². The van der Waals surface area contributed by atoms with E-state index in [1.54, 1.807) is 0 Å². The highest BCUT2D eigenvalue weighted by Crippen LogP contribution is 2.40. The topological polar surface area (TPSA) is 67.4 Å². The largest absolute Gasteiger partial charge is 0.465 e. The molecular weight excluding hydrogens is 455 g/mol. The van der Waals surface area contributed by atoms with E-state index in [0.717, 1.165) is 41.7 Å². The molecule has 1 amide bonds. The van der Waals surface area contributed by atoms with E-state index in [0.29, 0.717) is 10.6 Å². The number of anilines is 1. The van der Waals surface area contributed by atoms with Crippen LogP contribution in [0.15, 0.2) is 30.3 Å². The first-order valence-corrected chi connectivity index (χ1v) is 11.1. The van der Waals surface area contributed by atoms with Crippen LogP contribution in [0.4, 0.5) is 5.00 Å². The Hall–Kier alpha value is -1.47. The van der Waals surface area contributed by atoms with Crippen LogP contribution in [0.1, 0.15) is 39.2 Å². The van der Waals surface area contributed by atoms with Crippen molar-refractivity contribution in [3.05, 3.63) is 51.9 Å². The first-order chi connectivity index (χ1) is 13.8. The average molecular weight is 476 g/mol. The van der Waals surface area contributed by atoms with Crippen LogP contribution in [-0.2, 0) is 28.8 Å². The molecule has 1 aromatic heterocycles. The first kappa shape index (κ1) is 22.2. The van der Waals surface area contributed by atoms with Crippen LogP contribution in [0, 0.1) is 0 Å². The number of thiophene rings is 1. The summed E-state index contributed by atoms with van der Waals surface area (Å²) in [6.45, 7) is 0. The van der Waals surface area contributed by atoms with Crippen LogP contribution in [0.25, 0.3) is 0 Å². The number of halogens is 3. The van der Waals surface area contributed by atoms with Gasteiger partial charge in [-0.15, -0.1) is 11.3 Å². The van der Waals surface area contributed by atoms with Gasteiger partial charge in [0.15, 0.2) is 0 Å². The Morgan fingerprint density at radius 3 is 2.52 bits per heavy atom. The second kappa shape index (κ2) is 9.56. The summed E-state index contributed by atoms with van der Waals surface area (Å²) in [5.41, 5.74) is 2.29. The van der Waals surface area contributed by atoms with E-state index in [-0.39, 0.29) is 12.3 Å². The molecular formula is C20H21Cl3N2O3S. The number of hydrogen-bond acceptors (Lipinski definition) is 5. The molecule has 5 nitrogen and oxygen atoms in total. The van der Waals surface area contributed by atoms with E-state index in [1.807, 2.05) is 30.3 Å². The van der Waals surface area contributed by atoms with Crippen molar-refractivity contribution in [2.75, 3.05) is 12.4 Å². The van der Waals surface area contributed by atoms with Gasteiger partial charge in [0.25, 0.3) is 0 Å². The molecule has 2 aromatic rings. The summed E-state index contributed by atoms with van der Waals surface area (Å²) in [6, 6.07) is 9.28. The zero-order chi connectivity index (χ0) is 21.0. The number of carbonyl (C=O) groups is 2. The van der Waals surface area contributed by atoms with Crippen molar-refractivity contribution >= 4 is 63.0 Å². The average Bonchev–Trinajstić information content (AvgIpc) is 3.05. The Morgan fingerprint density at radius 1 is 1.17 bits per heavy atom. The minimum absolute atomic E-state index is 0.143. The molecule has 0 unspecified atom stereocenters. The fraction of sp³-hybridized carbons (Fsp3) is 0.400. The third-order valence-corrected chi connectivity index (χ3v) is 6.55. The van der Waals surface area contributed by atoms with Gasteiger partial charge < -0.3 is 15.4 Å². The molecule has 1 aliphatic carbocycles. The number of ether oxygens (including phenoxy) is 1. The van der Waals surface area contributed by atoms with Crippen LogP contribution < -0.4 is 10.6 Å². The summed E-state index contributed by atoms with van der Waals surface area (Å²) in [6.07, 6.45) is 2.89. The van der Waals surface area contributed by atoms with Gasteiger partial charge in [0.05, 0.1) is 19.1 Å². The predicted molar refractivity (Wildman–Crippen MR) is 118 cm³/mol. The van der Waals surface area contributed by atoms with Gasteiger partial charge in [-0.1, -0.05) is 65.1 Å². The van der Waals surface area contributed by atoms with Crippen LogP contribution in [0.2, 0.25) is 0 Å². The van der Waals surface area contributed by atoms with Gasteiger partial charge >= 0.3 is 5.97 Å². The number of esters is 1. The van der Waals surface area contributed by atoms with Crippen molar-refractivity contribution in [1.82, 2.24) is 5.32 Å². The molecule has 2 N–H and O–H groups in total.